The molecule has 2 heterocycles. The first-order valence-electron chi connectivity index (χ1n) is 10.3. The fourth-order valence-electron chi connectivity index (χ4n) is 4.14. The SMILES string of the molecule is CCCC[n+]1c(C)c2ccc(/C=C3/Sc4ccccc4N3CC)ccc-2c1C. The van der Waals surface area contributed by atoms with Gasteiger partial charge in [0.2, 0.25) is 0 Å². The topological polar surface area (TPSA) is 7.12 Å². The number of hydrogen-bond donors (Lipinski definition) is 0. The molecular formula is C25H29N2S+. The zero-order valence-corrected chi connectivity index (χ0v) is 18.1. The Balaban J connectivity index is 1.71. The van der Waals surface area contributed by atoms with E-state index in [-0.39, 0.29) is 0 Å². The summed E-state index contributed by atoms with van der Waals surface area (Å²) in [5.74, 6) is 0. The van der Waals surface area contributed by atoms with Gasteiger partial charge >= 0.3 is 0 Å². The molecule has 1 aromatic carbocycles. The molecule has 0 saturated heterocycles. The fraction of sp³-hybridized carbons (Fsp3) is 0.320. The normalized spacial score (nSPS) is 14.9. The molecule has 4 rings (SSSR count). The molecule has 0 saturated carbocycles. The van der Waals surface area contributed by atoms with Gasteiger partial charge in [0.15, 0.2) is 11.4 Å². The molecule has 0 aromatic heterocycles. The van der Waals surface area contributed by atoms with Crippen LogP contribution in [0, 0.1) is 13.8 Å². The third-order valence-corrected chi connectivity index (χ3v) is 6.86. The van der Waals surface area contributed by atoms with E-state index in [2.05, 4.69) is 91.8 Å². The third kappa shape index (κ3) is 3.33. The van der Waals surface area contributed by atoms with Gasteiger partial charge in [-0.15, -0.1) is 0 Å². The Morgan fingerprint density at radius 2 is 1.61 bits per heavy atom. The van der Waals surface area contributed by atoms with Gasteiger partial charge in [-0.2, -0.15) is 4.57 Å². The smallest absolute Gasteiger partial charge is 0.186 e. The first kappa shape index (κ1) is 19.1. The molecule has 0 N–H and O–H groups in total. The number of para-hydroxylation sites is 1. The van der Waals surface area contributed by atoms with E-state index < -0.39 is 0 Å². The van der Waals surface area contributed by atoms with Crippen LogP contribution in [0.25, 0.3) is 17.2 Å². The number of thioether (sulfide) groups is 1. The van der Waals surface area contributed by atoms with Crippen molar-refractivity contribution in [1.29, 1.82) is 0 Å². The van der Waals surface area contributed by atoms with E-state index in [9.17, 15) is 0 Å². The number of fused-ring (bicyclic) bond motifs is 2. The quantitative estimate of drug-likeness (QED) is 0.464. The van der Waals surface area contributed by atoms with E-state index in [1.807, 2.05) is 11.8 Å². The Bertz CT molecular complexity index is 966. The van der Waals surface area contributed by atoms with Crippen molar-refractivity contribution in [2.75, 3.05) is 11.4 Å². The van der Waals surface area contributed by atoms with Gasteiger partial charge in [0.05, 0.1) is 21.8 Å². The van der Waals surface area contributed by atoms with E-state index in [1.54, 1.807) is 0 Å². The van der Waals surface area contributed by atoms with Gasteiger partial charge in [0.1, 0.15) is 6.54 Å². The van der Waals surface area contributed by atoms with E-state index in [1.165, 1.54) is 56.5 Å². The summed E-state index contributed by atoms with van der Waals surface area (Å²) in [7, 11) is 0. The second-order valence-electron chi connectivity index (χ2n) is 7.47. The predicted molar refractivity (Wildman–Crippen MR) is 121 cm³/mol. The third-order valence-electron chi connectivity index (χ3n) is 5.74. The molecule has 0 atom stereocenters. The Kier molecular flexibility index (Phi) is 5.45. The minimum atomic E-state index is 0.984. The second kappa shape index (κ2) is 8.00. The van der Waals surface area contributed by atoms with E-state index >= 15 is 0 Å². The Morgan fingerprint density at radius 1 is 0.929 bits per heavy atom. The van der Waals surface area contributed by atoms with Crippen molar-refractivity contribution in [3.8, 4) is 11.1 Å². The number of aromatic nitrogens is 1. The molecule has 28 heavy (non-hydrogen) atoms. The van der Waals surface area contributed by atoms with Crippen molar-refractivity contribution in [2.24, 2.45) is 0 Å². The summed E-state index contributed by atoms with van der Waals surface area (Å²) in [6.07, 6.45) is 4.78. The van der Waals surface area contributed by atoms with Crippen molar-refractivity contribution in [1.82, 2.24) is 0 Å². The number of rotatable bonds is 5. The minimum absolute atomic E-state index is 0.984. The Hall–Kier alpha value is -2.26. The minimum Gasteiger partial charge on any atom is -0.335 e. The zero-order valence-electron chi connectivity index (χ0n) is 17.3. The fourth-order valence-corrected chi connectivity index (χ4v) is 5.33. The van der Waals surface area contributed by atoms with Crippen LogP contribution in [0.15, 0.2) is 58.5 Å². The molecule has 2 nitrogen and oxygen atoms in total. The molecular weight excluding hydrogens is 360 g/mol. The highest BCUT2D eigenvalue weighted by Crippen LogP contribution is 2.46. The van der Waals surface area contributed by atoms with Crippen LogP contribution < -0.4 is 9.47 Å². The lowest BCUT2D eigenvalue weighted by Gasteiger charge is -2.17. The van der Waals surface area contributed by atoms with Crippen molar-refractivity contribution < 1.29 is 4.57 Å². The van der Waals surface area contributed by atoms with Crippen molar-refractivity contribution in [3.05, 3.63) is 70.5 Å². The van der Waals surface area contributed by atoms with Crippen LogP contribution in [0.1, 0.15) is 43.6 Å². The van der Waals surface area contributed by atoms with Crippen molar-refractivity contribution in [2.45, 2.75) is 52.0 Å². The molecule has 0 bridgehead atoms. The molecule has 0 spiro atoms. The first-order chi connectivity index (χ1) is 13.6. The van der Waals surface area contributed by atoms with Crippen LogP contribution in [0.2, 0.25) is 0 Å². The molecule has 144 valence electrons. The van der Waals surface area contributed by atoms with Gasteiger partial charge in [-0.3, -0.25) is 0 Å². The summed E-state index contributed by atoms with van der Waals surface area (Å²) >= 11 is 1.87. The molecule has 3 aliphatic rings. The van der Waals surface area contributed by atoms with Gasteiger partial charge in [-0.1, -0.05) is 49.4 Å². The maximum absolute atomic E-state index is 2.48. The molecule has 3 heteroatoms. The van der Waals surface area contributed by atoms with Crippen LogP contribution in [0.3, 0.4) is 0 Å². The summed E-state index contributed by atoms with van der Waals surface area (Å²) in [4.78, 5) is 3.75. The van der Waals surface area contributed by atoms with Gasteiger partial charge in [0, 0.05) is 31.7 Å². The maximum atomic E-state index is 2.48. The number of unbranched alkanes of at least 4 members (excludes halogenated alkanes) is 1. The lowest BCUT2D eigenvalue weighted by atomic mass is 10.1. The van der Waals surface area contributed by atoms with Gasteiger partial charge in [-0.05, 0) is 42.8 Å². The summed E-state index contributed by atoms with van der Waals surface area (Å²) in [6, 6.07) is 17.8. The highest BCUT2D eigenvalue weighted by molar-refractivity contribution is 8.03. The van der Waals surface area contributed by atoms with Gasteiger partial charge in [-0.25, -0.2) is 0 Å². The summed E-state index contributed by atoms with van der Waals surface area (Å²) in [6.45, 7) is 11.1. The molecule has 0 radical (unpaired) electrons. The predicted octanol–water partition coefficient (Wildman–Crippen LogP) is 6.43. The first-order valence-corrected chi connectivity index (χ1v) is 11.1. The van der Waals surface area contributed by atoms with Crippen LogP contribution in [0.4, 0.5) is 5.69 Å². The largest absolute Gasteiger partial charge is 0.335 e. The molecule has 0 fully saturated rings. The van der Waals surface area contributed by atoms with Crippen molar-refractivity contribution in [3.63, 3.8) is 0 Å². The molecule has 0 amide bonds. The van der Waals surface area contributed by atoms with Crippen molar-refractivity contribution >= 4 is 23.5 Å². The molecule has 1 aliphatic carbocycles. The highest BCUT2D eigenvalue weighted by Gasteiger charge is 2.25. The molecule has 0 unspecified atom stereocenters. The monoisotopic (exact) mass is 389 g/mol. The summed E-state index contributed by atoms with van der Waals surface area (Å²) in [5, 5.41) is 1.31. The van der Waals surface area contributed by atoms with Gasteiger partial charge in [0.25, 0.3) is 0 Å². The average molecular weight is 390 g/mol. The summed E-state index contributed by atoms with van der Waals surface area (Å²) in [5.41, 5.74) is 8.08. The number of hydrogen-bond acceptors (Lipinski definition) is 2. The lowest BCUT2D eigenvalue weighted by Crippen LogP contribution is -2.37. The lowest BCUT2D eigenvalue weighted by molar-refractivity contribution is -0.704. The second-order valence-corrected chi connectivity index (χ2v) is 8.53. The van der Waals surface area contributed by atoms with Crippen LogP contribution in [-0.4, -0.2) is 6.54 Å². The van der Waals surface area contributed by atoms with Gasteiger partial charge < -0.3 is 4.90 Å². The Morgan fingerprint density at radius 3 is 2.25 bits per heavy atom. The average Bonchev–Trinajstić information content (AvgIpc) is 3.05. The number of nitrogens with zero attached hydrogens (tertiary/aromatic N) is 2. The Labute approximate surface area is 173 Å². The van der Waals surface area contributed by atoms with E-state index in [0.29, 0.717) is 0 Å². The standard InChI is InChI=1S/C25H29N2S/c1-5-7-16-27-18(3)21-14-12-20(13-15-22(21)19(27)4)17-25-26(6-2)23-10-8-9-11-24(23)28-25/h8-15,17H,5-7,16H2,1-4H3/q+1. The summed E-state index contributed by atoms with van der Waals surface area (Å²) < 4.78 is 2.48. The molecule has 2 aliphatic heterocycles. The molecule has 1 aromatic rings. The van der Waals surface area contributed by atoms with Crippen LogP contribution >= 0.6 is 11.8 Å². The number of benzene rings is 1. The van der Waals surface area contributed by atoms with E-state index in [0.717, 1.165) is 13.1 Å². The zero-order chi connectivity index (χ0) is 19.7. The highest BCUT2D eigenvalue weighted by atomic mass is 32.2. The van der Waals surface area contributed by atoms with Crippen LogP contribution in [-0.2, 0) is 6.54 Å². The maximum Gasteiger partial charge on any atom is 0.186 e. The van der Waals surface area contributed by atoms with Crippen LogP contribution in [0.5, 0.6) is 0 Å². The van der Waals surface area contributed by atoms with E-state index in [4.69, 9.17) is 0 Å². The number of anilines is 1.